The Kier molecular flexibility index (Phi) is 4.71. The third kappa shape index (κ3) is 4.06. The van der Waals surface area contributed by atoms with Gasteiger partial charge in [-0.25, -0.2) is 9.67 Å². The fourth-order valence-corrected chi connectivity index (χ4v) is 3.31. The summed E-state index contributed by atoms with van der Waals surface area (Å²) in [7, 11) is 0. The molecule has 0 saturated heterocycles. The molecule has 4 aromatic rings. The molecule has 27 heavy (non-hydrogen) atoms. The number of rotatable bonds is 5. The summed E-state index contributed by atoms with van der Waals surface area (Å²) in [5.41, 5.74) is 4.43. The highest BCUT2D eigenvalue weighted by molar-refractivity contribution is 7.09. The SMILES string of the molecule is Cc1nc(-c2cccc(NC(=O)Cc3ccc(-n4cnnn4)cc3)c2)cs1. The highest BCUT2D eigenvalue weighted by atomic mass is 32.1. The molecule has 8 heteroatoms. The highest BCUT2D eigenvalue weighted by Crippen LogP contribution is 2.24. The van der Waals surface area contributed by atoms with Crippen LogP contribution in [-0.2, 0) is 11.2 Å². The Labute approximate surface area is 159 Å². The van der Waals surface area contributed by atoms with Crippen molar-refractivity contribution in [3.05, 3.63) is 70.8 Å². The summed E-state index contributed by atoms with van der Waals surface area (Å²) in [4.78, 5) is 16.9. The first-order chi connectivity index (χ1) is 13.2. The van der Waals surface area contributed by atoms with Gasteiger partial charge in [0.15, 0.2) is 0 Å². The average molecular weight is 376 g/mol. The number of nitrogens with zero attached hydrogens (tertiary/aromatic N) is 5. The first-order valence-corrected chi connectivity index (χ1v) is 9.20. The van der Waals surface area contributed by atoms with Crippen LogP contribution in [0.3, 0.4) is 0 Å². The fourth-order valence-electron chi connectivity index (χ4n) is 2.69. The number of carbonyl (C=O) groups excluding carboxylic acids is 1. The van der Waals surface area contributed by atoms with E-state index in [-0.39, 0.29) is 12.3 Å². The van der Waals surface area contributed by atoms with Crippen LogP contribution in [0.25, 0.3) is 16.9 Å². The summed E-state index contributed by atoms with van der Waals surface area (Å²) in [6, 6.07) is 15.3. The lowest BCUT2D eigenvalue weighted by Gasteiger charge is -2.07. The normalized spacial score (nSPS) is 10.7. The number of thiazole rings is 1. The van der Waals surface area contributed by atoms with Crippen molar-refractivity contribution >= 4 is 22.9 Å². The maximum absolute atomic E-state index is 12.4. The van der Waals surface area contributed by atoms with E-state index in [1.807, 2.05) is 60.8 Å². The lowest BCUT2D eigenvalue weighted by Crippen LogP contribution is -2.14. The predicted molar refractivity (Wildman–Crippen MR) is 104 cm³/mol. The van der Waals surface area contributed by atoms with Crippen molar-refractivity contribution in [1.82, 2.24) is 25.2 Å². The molecule has 1 N–H and O–H groups in total. The zero-order valence-electron chi connectivity index (χ0n) is 14.5. The van der Waals surface area contributed by atoms with E-state index in [1.165, 1.54) is 6.33 Å². The summed E-state index contributed by atoms with van der Waals surface area (Å²) in [5, 5.41) is 17.0. The van der Waals surface area contributed by atoms with E-state index in [9.17, 15) is 4.79 Å². The quantitative estimate of drug-likeness (QED) is 0.578. The Morgan fingerprint density at radius 1 is 1.19 bits per heavy atom. The number of anilines is 1. The van der Waals surface area contributed by atoms with Gasteiger partial charge in [0.05, 0.1) is 22.8 Å². The molecule has 0 atom stereocenters. The molecule has 0 aliphatic rings. The summed E-state index contributed by atoms with van der Waals surface area (Å²) in [6.07, 6.45) is 1.81. The van der Waals surface area contributed by atoms with Gasteiger partial charge in [0.2, 0.25) is 5.91 Å². The topological polar surface area (TPSA) is 85.6 Å². The molecule has 0 aliphatic carbocycles. The summed E-state index contributed by atoms with van der Waals surface area (Å²) in [6.45, 7) is 1.98. The van der Waals surface area contributed by atoms with Crippen LogP contribution >= 0.6 is 11.3 Å². The molecule has 7 nitrogen and oxygen atoms in total. The van der Waals surface area contributed by atoms with Gasteiger partial charge in [0.1, 0.15) is 6.33 Å². The van der Waals surface area contributed by atoms with Crippen LogP contribution in [0.4, 0.5) is 5.69 Å². The molecule has 1 amide bonds. The van der Waals surface area contributed by atoms with Crippen LogP contribution in [-0.4, -0.2) is 31.1 Å². The molecule has 0 fully saturated rings. The van der Waals surface area contributed by atoms with E-state index in [1.54, 1.807) is 16.0 Å². The molecule has 0 bridgehead atoms. The summed E-state index contributed by atoms with van der Waals surface area (Å²) >= 11 is 1.61. The second-order valence-electron chi connectivity index (χ2n) is 5.98. The van der Waals surface area contributed by atoms with Crippen molar-refractivity contribution in [3.8, 4) is 16.9 Å². The van der Waals surface area contributed by atoms with E-state index in [0.29, 0.717) is 0 Å². The van der Waals surface area contributed by atoms with Crippen molar-refractivity contribution < 1.29 is 4.79 Å². The third-order valence-corrected chi connectivity index (χ3v) is 4.75. The van der Waals surface area contributed by atoms with Gasteiger partial charge in [-0.1, -0.05) is 24.3 Å². The zero-order valence-corrected chi connectivity index (χ0v) is 15.3. The number of nitrogens with one attached hydrogen (secondary N) is 1. The Hall–Kier alpha value is -3.39. The van der Waals surface area contributed by atoms with Crippen LogP contribution in [0.5, 0.6) is 0 Å². The number of aryl methyl sites for hydroxylation is 1. The maximum atomic E-state index is 12.4. The molecular weight excluding hydrogens is 360 g/mol. The molecule has 0 saturated carbocycles. The standard InChI is InChI=1S/C19H16N6OS/c1-13-21-18(11-27-13)15-3-2-4-16(10-15)22-19(26)9-14-5-7-17(8-6-14)25-12-20-23-24-25/h2-8,10-12H,9H2,1H3,(H,22,26). The van der Waals surface area contributed by atoms with Gasteiger partial charge >= 0.3 is 0 Å². The maximum Gasteiger partial charge on any atom is 0.228 e. The van der Waals surface area contributed by atoms with Crippen LogP contribution in [0.15, 0.2) is 60.2 Å². The number of carbonyl (C=O) groups is 1. The van der Waals surface area contributed by atoms with E-state index in [0.717, 1.165) is 33.2 Å². The van der Waals surface area contributed by atoms with Gasteiger partial charge in [-0.2, -0.15) is 0 Å². The first kappa shape index (κ1) is 17.0. The fraction of sp³-hybridized carbons (Fsp3) is 0.105. The average Bonchev–Trinajstić information content (AvgIpc) is 3.34. The minimum atomic E-state index is -0.0724. The van der Waals surface area contributed by atoms with E-state index < -0.39 is 0 Å². The molecular formula is C19H16N6OS. The molecule has 0 unspecified atom stereocenters. The highest BCUT2D eigenvalue weighted by Gasteiger charge is 2.07. The first-order valence-electron chi connectivity index (χ1n) is 8.32. The van der Waals surface area contributed by atoms with Gasteiger partial charge < -0.3 is 5.32 Å². The number of hydrogen-bond donors (Lipinski definition) is 1. The Morgan fingerprint density at radius 2 is 2.04 bits per heavy atom. The van der Waals surface area contributed by atoms with Crippen LogP contribution in [0.1, 0.15) is 10.6 Å². The number of tetrazole rings is 1. The molecule has 134 valence electrons. The van der Waals surface area contributed by atoms with E-state index in [4.69, 9.17) is 0 Å². The second kappa shape index (κ2) is 7.46. The molecule has 0 radical (unpaired) electrons. The largest absolute Gasteiger partial charge is 0.326 e. The summed E-state index contributed by atoms with van der Waals surface area (Å²) in [5.74, 6) is -0.0724. The Balaban J connectivity index is 1.42. The van der Waals surface area contributed by atoms with Crippen LogP contribution in [0, 0.1) is 6.92 Å². The monoisotopic (exact) mass is 376 g/mol. The smallest absolute Gasteiger partial charge is 0.228 e. The third-order valence-electron chi connectivity index (χ3n) is 3.98. The van der Waals surface area contributed by atoms with Gasteiger partial charge in [-0.05, 0) is 47.2 Å². The lowest BCUT2D eigenvalue weighted by atomic mass is 10.1. The van der Waals surface area contributed by atoms with Crippen molar-refractivity contribution in [3.63, 3.8) is 0 Å². The number of amides is 1. The molecule has 0 aliphatic heterocycles. The van der Waals surface area contributed by atoms with Crippen LogP contribution in [0.2, 0.25) is 0 Å². The molecule has 4 rings (SSSR count). The van der Waals surface area contributed by atoms with Crippen molar-refractivity contribution in [1.29, 1.82) is 0 Å². The van der Waals surface area contributed by atoms with E-state index >= 15 is 0 Å². The number of aromatic nitrogens is 5. The Bertz CT molecular complexity index is 1060. The van der Waals surface area contributed by atoms with Crippen molar-refractivity contribution in [2.24, 2.45) is 0 Å². The predicted octanol–water partition coefficient (Wildman–Crippen LogP) is 3.28. The minimum Gasteiger partial charge on any atom is -0.326 e. The molecule has 2 heterocycles. The van der Waals surface area contributed by atoms with Crippen molar-refractivity contribution in [2.75, 3.05) is 5.32 Å². The molecule has 0 spiro atoms. The van der Waals surface area contributed by atoms with Gasteiger partial charge in [-0.3, -0.25) is 4.79 Å². The van der Waals surface area contributed by atoms with E-state index in [2.05, 4.69) is 25.8 Å². The second-order valence-corrected chi connectivity index (χ2v) is 7.04. The van der Waals surface area contributed by atoms with Gasteiger partial charge in [-0.15, -0.1) is 16.4 Å². The zero-order chi connectivity index (χ0) is 18.6. The molecule has 2 aromatic carbocycles. The number of benzene rings is 2. The summed E-state index contributed by atoms with van der Waals surface area (Å²) < 4.78 is 1.57. The van der Waals surface area contributed by atoms with Gasteiger partial charge in [0, 0.05) is 16.6 Å². The van der Waals surface area contributed by atoms with Crippen molar-refractivity contribution in [2.45, 2.75) is 13.3 Å². The van der Waals surface area contributed by atoms with Crippen LogP contribution < -0.4 is 5.32 Å². The minimum absolute atomic E-state index is 0.0724. The Morgan fingerprint density at radius 3 is 2.74 bits per heavy atom. The molecule has 2 aromatic heterocycles. The van der Waals surface area contributed by atoms with Gasteiger partial charge in [0.25, 0.3) is 0 Å². The number of hydrogen-bond acceptors (Lipinski definition) is 6. The lowest BCUT2D eigenvalue weighted by molar-refractivity contribution is -0.115.